The van der Waals surface area contributed by atoms with Crippen LogP contribution in [0.25, 0.3) is 0 Å². The molecule has 116 valence electrons. The van der Waals surface area contributed by atoms with Gasteiger partial charge in [0.05, 0.1) is 19.6 Å². The number of hydrogen-bond acceptors (Lipinski definition) is 4. The fraction of sp³-hybridized carbons (Fsp3) is 0.867. The topological polar surface area (TPSA) is 66.8 Å². The molecule has 0 heterocycles. The van der Waals surface area contributed by atoms with Crippen molar-refractivity contribution in [2.45, 2.75) is 51.9 Å². The molecule has 1 rings (SSSR count). The quantitative estimate of drug-likeness (QED) is 0.690. The minimum absolute atomic E-state index is 0.0512. The van der Waals surface area contributed by atoms with Crippen LogP contribution in [0.15, 0.2) is 0 Å². The van der Waals surface area contributed by atoms with Gasteiger partial charge in [-0.2, -0.15) is 0 Å². The van der Waals surface area contributed by atoms with Crippen molar-refractivity contribution in [3.63, 3.8) is 0 Å². The first kappa shape index (κ1) is 17.0. The van der Waals surface area contributed by atoms with Gasteiger partial charge in [0.2, 0.25) is 5.91 Å². The summed E-state index contributed by atoms with van der Waals surface area (Å²) in [6.45, 7) is 2.68. The lowest BCUT2D eigenvalue weighted by molar-refractivity contribution is -0.144. The Labute approximate surface area is 121 Å². The summed E-state index contributed by atoms with van der Waals surface area (Å²) in [5, 5.41) is 9.05. The van der Waals surface area contributed by atoms with Crippen LogP contribution in [0.1, 0.15) is 51.9 Å². The number of hydrogen-bond donors (Lipinski definition) is 1. The molecule has 5 heteroatoms. The monoisotopic (exact) mass is 285 g/mol. The van der Waals surface area contributed by atoms with Gasteiger partial charge in [-0.15, -0.1) is 0 Å². The minimum Gasteiger partial charge on any atom is -0.466 e. The van der Waals surface area contributed by atoms with E-state index >= 15 is 0 Å². The Kier molecular flexibility index (Phi) is 8.26. The van der Waals surface area contributed by atoms with Gasteiger partial charge in [-0.3, -0.25) is 9.59 Å². The van der Waals surface area contributed by atoms with Crippen LogP contribution in [0.5, 0.6) is 0 Å². The van der Waals surface area contributed by atoms with E-state index in [1.54, 1.807) is 11.8 Å². The first-order valence-corrected chi connectivity index (χ1v) is 7.71. The lowest BCUT2D eigenvalue weighted by Crippen LogP contribution is -2.36. The number of aliphatic hydroxyl groups is 1. The van der Waals surface area contributed by atoms with E-state index in [4.69, 9.17) is 9.84 Å². The molecule has 5 nitrogen and oxygen atoms in total. The van der Waals surface area contributed by atoms with Crippen LogP contribution in [-0.4, -0.2) is 48.2 Å². The molecule has 0 aromatic heterocycles. The second-order valence-electron chi connectivity index (χ2n) is 5.37. The van der Waals surface area contributed by atoms with Gasteiger partial charge >= 0.3 is 5.97 Å². The average Bonchev–Trinajstić information content (AvgIpc) is 2.44. The third-order valence-corrected chi connectivity index (χ3v) is 3.80. The Morgan fingerprint density at radius 1 is 1.20 bits per heavy atom. The Morgan fingerprint density at radius 3 is 2.50 bits per heavy atom. The Morgan fingerprint density at radius 2 is 1.90 bits per heavy atom. The smallest absolute Gasteiger partial charge is 0.307 e. The number of nitrogens with zero attached hydrogens (tertiary/aromatic N) is 1. The van der Waals surface area contributed by atoms with Crippen molar-refractivity contribution >= 4 is 11.9 Å². The number of ether oxygens (including phenoxy) is 1. The summed E-state index contributed by atoms with van der Waals surface area (Å²) in [7, 11) is 0. The highest BCUT2D eigenvalue weighted by molar-refractivity contribution is 5.77. The molecule has 1 N–H and O–H groups in total. The number of rotatable bonds is 8. The summed E-state index contributed by atoms with van der Waals surface area (Å²) in [6.07, 6.45) is 6.68. The Balaban J connectivity index is 2.38. The Bertz CT molecular complexity index is 300. The third-order valence-electron chi connectivity index (χ3n) is 3.80. The normalized spacial score (nSPS) is 15.9. The van der Waals surface area contributed by atoms with Gasteiger partial charge in [0.1, 0.15) is 0 Å². The van der Waals surface area contributed by atoms with Crippen LogP contribution < -0.4 is 0 Å². The third kappa shape index (κ3) is 6.37. The van der Waals surface area contributed by atoms with E-state index in [2.05, 4.69) is 0 Å². The largest absolute Gasteiger partial charge is 0.466 e. The van der Waals surface area contributed by atoms with Crippen LogP contribution in [0, 0.1) is 5.92 Å². The van der Waals surface area contributed by atoms with E-state index in [0.29, 0.717) is 32.0 Å². The number of aliphatic hydroxyl groups excluding tert-OH is 1. The number of esters is 1. The second-order valence-corrected chi connectivity index (χ2v) is 5.37. The maximum atomic E-state index is 12.2. The van der Waals surface area contributed by atoms with E-state index in [1.165, 1.54) is 19.3 Å². The van der Waals surface area contributed by atoms with Crippen LogP contribution in [0.4, 0.5) is 0 Å². The van der Waals surface area contributed by atoms with Crippen molar-refractivity contribution in [1.29, 1.82) is 0 Å². The maximum Gasteiger partial charge on any atom is 0.307 e. The predicted molar refractivity (Wildman–Crippen MR) is 76.1 cm³/mol. The van der Waals surface area contributed by atoms with Gasteiger partial charge < -0.3 is 14.7 Å². The van der Waals surface area contributed by atoms with Crippen molar-refractivity contribution < 1.29 is 19.4 Å². The molecular formula is C15H27NO4. The van der Waals surface area contributed by atoms with Gasteiger partial charge in [-0.1, -0.05) is 19.3 Å². The molecule has 0 aliphatic heterocycles. The number of amides is 1. The lowest BCUT2D eigenvalue weighted by Gasteiger charge is -2.26. The molecule has 1 amide bonds. The van der Waals surface area contributed by atoms with Crippen molar-refractivity contribution in [3.8, 4) is 0 Å². The maximum absolute atomic E-state index is 12.2. The molecule has 0 spiro atoms. The highest BCUT2D eigenvalue weighted by atomic mass is 16.5. The Hall–Kier alpha value is -1.10. The minimum atomic E-state index is -0.291. The molecule has 0 aromatic carbocycles. The summed E-state index contributed by atoms with van der Waals surface area (Å²) >= 11 is 0. The van der Waals surface area contributed by atoms with Crippen LogP contribution in [0.2, 0.25) is 0 Å². The molecule has 0 radical (unpaired) electrons. The second kappa shape index (κ2) is 9.75. The molecule has 0 bridgehead atoms. The highest BCUT2D eigenvalue weighted by Gasteiger charge is 2.21. The van der Waals surface area contributed by atoms with E-state index < -0.39 is 0 Å². The van der Waals surface area contributed by atoms with Crippen LogP contribution in [-0.2, 0) is 14.3 Å². The zero-order chi connectivity index (χ0) is 14.8. The molecule has 1 aliphatic carbocycles. The van der Waals surface area contributed by atoms with Crippen molar-refractivity contribution in [2.24, 2.45) is 5.92 Å². The van der Waals surface area contributed by atoms with Crippen molar-refractivity contribution in [1.82, 2.24) is 4.90 Å². The fourth-order valence-corrected chi connectivity index (χ4v) is 2.71. The fourth-order valence-electron chi connectivity index (χ4n) is 2.71. The van der Waals surface area contributed by atoms with Gasteiger partial charge in [0, 0.05) is 19.5 Å². The van der Waals surface area contributed by atoms with Crippen molar-refractivity contribution in [2.75, 3.05) is 26.3 Å². The molecule has 0 saturated heterocycles. The zero-order valence-corrected chi connectivity index (χ0v) is 12.5. The molecule has 0 unspecified atom stereocenters. The molecule has 20 heavy (non-hydrogen) atoms. The molecule has 1 fully saturated rings. The van der Waals surface area contributed by atoms with E-state index in [1.807, 2.05) is 0 Å². The van der Waals surface area contributed by atoms with Gasteiger partial charge in [0.25, 0.3) is 0 Å². The van der Waals surface area contributed by atoms with E-state index in [-0.39, 0.29) is 24.9 Å². The average molecular weight is 285 g/mol. The summed E-state index contributed by atoms with van der Waals surface area (Å²) in [5.74, 6) is 0.233. The molecule has 0 aromatic rings. The molecule has 1 saturated carbocycles. The van der Waals surface area contributed by atoms with Gasteiger partial charge in [0.15, 0.2) is 0 Å². The summed E-state index contributed by atoms with van der Waals surface area (Å²) in [4.78, 5) is 25.2. The lowest BCUT2D eigenvalue weighted by atomic mass is 9.86. The van der Waals surface area contributed by atoms with Crippen LogP contribution in [0.3, 0.4) is 0 Å². The molecule has 0 atom stereocenters. The highest BCUT2D eigenvalue weighted by Crippen LogP contribution is 2.26. The molecular weight excluding hydrogens is 258 g/mol. The number of carbonyl (C=O) groups is 2. The SMILES string of the molecule is CCOC(=O)CCN(CCO)C(=O)CC1CCCCC1. The molecule has 1 aliphatic rings. The van der Waals surface area contributed by atoms with Gasteiger partial charge in [-0.05, 0) is 25.7 Å². The van der Waals surface area contributed by atoms with E-state index in [0.717, 1.165) is 12.8 Å². The predicted octanol–water partition coefficient (Wildman–Crippen LogP) is 1.73. The first-order valence-electron chi connectivity index (χ1n) is 7.71. The van der Waals surface area contributed by atoms with Crippen molar-refractivity contribution in [3.05, 3.63) is 0 Å². The van der Waals surface area contributed by atoms with Crippen LogP contribution >= 0.6 is 0 Å². The van der Waals surface area contributed by atoms with E-state index in [9.17, 15) is 9.59 Å². The summed E-state index contributed by atoms with van der Waals surface area (Å²) in [6, 6.07) is 0. The standard InChI is InChI=1S/C15H27NO4/c1-2-20-15(19)8-9-16(10-11-17)14(18)12-13-6-4-3-5-7-13/h13,17H,2-12H2,1H3. The van der Waals surface area contributed by atoms with Gasteiger partial charge in [-0.25, -0.2) is 0 Å². The summed E-state index contributed by atoms with van der Waals surface area (Å²) in [5.41, 5.74) is 0. The summed E-state index contributed by atoms with van der Waals surface area (Å²) < 4.78 is 4.86. The first-order chi connectivity index (χ1) is 9.67. The zero-order valence-electron chi connectivity index (χ0n) is 12.5. The number of carbonyl (C=O) groups excluding carboxylic acids is 2.